The largest absolute Gasteiger partial charge is 0.288 e. The summed E-state index contributed by atoms with van der Waals surface area (Å²) >= 11 is 0. The molecule has 7 nitrogen and oxygen atoms in total. The number of nitrogens with one attached hydrogen (secondary N) is 3. The smallest absolute Gasteiger partial charge is 0.278 e. The minimum Gasteiger partial charge on any atom is -0.288 e. The summed E-state index contributed by atoms with van der Waals surface area (Å²) < 4.78 is 0. The Bertz CT molecular complexity index is 746. The summed E-state index contributed by atoms with van der Waals surface area (Å²) in [4.78, 5) is 16.0. The van der Waals surface area contributed by atoms with Gasteiger partial charge in [-0.1, -0.05) is 30.3 Å². The molecule has 3 N–H and O–H groups in total. The average Bonchev–Trinajstić information content (AvgIpc) is 3.09. The number of carbonyl (C=O) groups excluding carboxylic acids is 1. The van der Waals surface area contributed by atoms with E-state index in [9.17, 15) is 4.79 Å². The molecule has 0 radical (unpaired) electrons. The Labute approximate surface area is 120 Å². The van der Waals surface area contributed by atoms with Gasteiger partial charge in [0.15, 0.2) is 5.69 Å². The SMILES string of the molecule is Cc1nc(NC(=O)c2cc(Cc3ccccc3)[nH]n2)n[nH]1. The first-order valence-corrected chi connectivity index (χ1v) is 6.49. The summed E-state index contributed by atoms with van der Waals surface area (Å²) in [6.45, 7) is 1.76. The Morgan fingerprint density at radius 3 is 2.71 bits per heavy atom. The summed E-state index contributed by atoms with van der Waals surface area (Å²) in [6, 6.07) is 11.7. The van der Waals surface area contributed by atoms with E-state index in [-0.39, 0.29) is 11.9 Å². The number of benzene rings is 1. The first kappa shape index (κ1) is 13.0. The lowest BCUT2D eigenvalue weighted by molar-refractivity contribution is 0.102. The summed E-state index contributed by atoms with van der Waals surface area (Å²) in [5.41, 5.74) is 2.33. The molecule has 2 aromatic heterocycles. The predicted molar refractivity (Wildman–Crippen MR) is 76.9 cm³/mol. The summed E-state index contributed by atoms with van der Waals surface area (Å²) in [6.07, 6.45) is 0.695. The van der Waals surface area contributed by atoms with Gasteiger partial charge >= 0.3 is 0 Å². The highest BCUT2D eigenvalue weighted by Crippen LogP contribution is 2.09. The molecule has 1 amide bonds. The van der Waals surface area contributed by atoms with E-state index in [0.29, 0.717) is 17.9 Å². The van der Waals surface area contributed by atoms with E-state index in [0.717, 1.165) is 11.3 Å². The number of aryl methyl sites for hydroxylation is 1. The lowest BCUT2D eigenvalue weighted by Crippen LogP contribution is -2.13. The van der Waals surface area contributed by atoms with Crippen molar-refractivity contribution in [2.24, 2.45) is 0 Å². The van der Waals surface area contributed by atoms with Gasteiger partial charge in [-0.05, 0) is 18.6 Å². The van der Waals surface area contributed by atoms with Crippen LogP contribution >= 0.6 is 0 Å². The first-order valence-electron chi connectivity index (χ1n) is 6.49. The van der Waals surface area contributed by atoms with Crippen LogP contribution < -0.4 is 5.32 Å². The van der Waals surface area contributed by atoms with Crippen molar-refractivity contribution in [3.05, 3.63) is 59.2 Å². The highest BCUT2D eigenvalue weighted by atomic mass is 16.2. The van der Waals surface area contributed by atoms with Gasteiger partial charge in [-0.15, -0.1) is 5.10 Å². The van der Waals surface area contributed by atoms with Crippen LogP contribution in [0.3, 0.4) is 0 Å². The molecule has 0 atom stereocenters. The number of aromatic nitrogens is 5. The van der Waals surface area contributed by atoms with E-state index in [4.69, 9.17) is 0 Å². The molecule has 0 aliphatic carbocycles. The minimum absolute atomic E-state index is 0.241. The molecule has 0 saturated carbocycles. The van der Waals surface area contributed by atoms with E-state index in [1.54, 1.807) is 13.0 Å². The molecule has 0 bridgehead atoms. The Morgan fingerprint density at radius 2 is 2.00 bits per heavy atom. The van der Waals surface area contributed by atoms with Gasteiger partial charge in [0.2, 0.25) is 5.95 Å². The molecule has 2 heterocycles. The fraction of sp³-hybridized carbons (Fsp3) is 0.143. The quantitative estimate of drug-likeness (QED) is 0.678. The van der Waals surface area contributed by atoms with Crippen molar-refractivity contribution in [1.29, 1.82) is 0 Å². The van der Waals surface area contributed by atoms with Crippen molar-refractivity contribution in [3.8, 4) is 0 Å². The molecule has 1 aromatic carbocycles. The van der Waals surface area contributed by atoms with Crippen LogP contribution in [-0.4, -0.2) is 31.3 Å². The van der Waals surface area contributed by atoms with Crippen molar-refractivity contribution in [2.75, 3.05) is 5.32 Å². The molecule has 0 aliphatic heterocycles. The number of nitrogens with zero attached hydrogens (tertiary/aromatic N) is 3. The van der Waals surface area contributed by atoms with Crippen LogP contribution in [0.15, 0.2) is 36.4 Å². The standard InChI is InChI=1S/C14H14N6O/c1-9-15-14(20-17-9)16-13(21)12-8-11(18-19-12)7-10-5-3-2-4-6-10/h2-6,8H,7H2,1H3,(H,18,19)(H2,15,16,17,20,21). The minimum atomic E-state index is -0.343. The van der Waals surface area contributed by atoms with Crippen molar-refractivity contribution in [1.82, 2.24) is 25.4 Å². The Morgan fingerprint density at radius 1 is 1.19 bits per heavy atom. The molecule has 3 rings (SSSR count). The van der Waals surface area contributed by atoms with Gasteiger partial charge in [-0.3, -0.25) is 20.3 Å². The molecular weight excluding hydrogens is 268 g/mol. The molecule has 3 aromatic rings. The van der Waals surface area contributed by atoms with Crippen LogP contribution in [0, 0.1) is 6.92 Å². The van der Waals surface area contributed by atoms with Crippen LogP contribution in [0.2, 0.25) is 0 Å². The number of amides is 1. The molecule has 106 valence electrons. The van der Waals surface area contributed by atoms with E-state index < -0.39 is 0 Å². The zero-order valence-corrected chi connectivity index (χ0v) is 11.4. The third-order valence-electron chi connectivity index (χ3n) is 2.92. The number of carbonyl (C=O) groups is 1. The highest BCUT2D eigenvalue weighted by Gasteiger charge is 2.13. The fourth-order valence-electron chi connectivity index (χ4n) is 1.95. The van der Waals surface area contributed by atoms with Crippen molar-refractivity contribution >= 4 is 11.9 Å². The topological polar surface area (TPSA) is 99.3 Å². The Balaban J connectivity index is 1.68. The summed E-state index contributed by atoms with van der Waals surface area (Å²) in [5.74, 6) is 0.534. The Hall–Kier alpha value is -2.96. The molecule has 0 fully saturated rings. The maximum Gasteiger partial charge on any atom is 0.278 e. The molecule has 21 heavy (non-hydrogen) atoms. The van der Waals surface area contributed by atoms with Gasteiger partial charge in [-0.25, -0.2) is 0 Å². The van der Waals surface area contributed by atoms with E-state index in [2.05, 4.69) is 30.7 Å². The molecule has 0 aliphatic rings. The van der Waals surface area contributed by atoms with Crippen LogP contribution in [0.1, 0.15) is 27.6 Å². The second kappa shape index (κ2) is 5.58. The third kappa shape index (κ3) is 3.14. The second-order valence-corrected chi connectivity index (χ2v) is 4.64. The van der Waals surface area contributed by atoms with Gasteiger partial charge in [0.05, 0.1) is 0 Å². The van der Waals surface area contributed by atoms with Crippen LogP contribution in [-0.2, 0) is 6.42 Å². The number of aromatic amines is 2. The van der Waals surface area contributed by atoms with Gasteiger partial charge < -0.3 is 0 Å². The maximum absolute atomic E-state index is 12.0. The number of anilines is 1. The molecule has 0 spiro atoms. The molecule has 7 heteroatoms. The summed E-state index contributed by atoms with van der Waals surface area (Å²) in [5, 5.41) is 16.0. The van der Waals surface area contributed by atoms with Crippen molar-refractivity contribution in [2.45, 2.75) is 13.3 Å². The van der Waals surface area contributed by atoms with Crippen LogP contribution in [0.5, 0.6) is 0 Å². The predicted octanol–water partition coefficient (Wildman–Crippen LogP) is 1.68. The molecule has 0 unspecified atom stereocenters. The Kier molecular flexibility index (Phi) is 3.46. The van der Waals surface area contributed by atoms with Gasteiger partial charge in [-0.2, -0.15) is 10.1 Å². The van der Waals surface area contributed by atoms with Gasteiger partial charge in [0.25, 0.3) is 5.91 Å². The highest BCUT2D eigenvalue weighted by molar-refractivity contribution is 6.01. The van der Waals surface area contributed by atoms with E-state index in [1.165, 1.54) is 0 Å². The monoisotopic (exact) mass is 282 g/mol. The van der Waals surface area contributed by atoms with E-state index >= 15 is 0 Å². The fourth-order valence-corrected chi connectivity index (χ4v) is 1.95. The third-order valence-corrected chi connectivity index (χ3v) is 2.92. The van der Waals surface area contributed by atoms with E-state index in [1.807, 2.05) is 30.3 Å². The number of H-pyrrole nitrogens is 2. The van der Waals surface area contributed by atoms with Gasteiger partial charge in [0.1, 0.15) is 5.82 Å². The lowest BCUT2D eigenvalue weighted by Gasteiger charge is -1.97. The maximum atomic E-state index is 12.0. The van der Waals surface area contributed by atoms with Crippen LogP contribution in [0.25, 0.3) is 0 Å². The molecule has 0 saturated heterocycles. The average molecular weight is 282 g/mol. The zero-order chi connectivity index (χ0) is 14.7. The number of rotatable bonds is 4. The molecular formula is C14H14N6O. The van der Waals surface area contributed by atoms with Crippen LogP contribution in [0.4, 0.5) is 5.95 Å². The summed E-state index contributed by atoms with van der Waals surface area (Å²) in [7, 11) is 0. The first-order chi connectivity index (χ1) is 10.2. The number of hydrogen-bond acceptors (Lipinski definition) is 4. The normalized spacial score (nSPS) is 10.5. The second-order valence-electron chi connectivity index (χ2n) is 4.64. The van der Waals surface area contributed by atoms with Gasteiger partial charge in [0, 0.05) is 12.1 Å². The lowest BCUT2D eigenvalue weighted by atomic mass is 10.1. The van der Waals surface area contributed by atoms with Crippen molar-refractivity contribution < 1.29 is 4.79 Å². The zero-order valence-electron chi connectivity index (χ0n) is 11.4. The van der Waals surface area contributed by atoms with Crippen molar-refractivity contribution in [3.63, 3.8) is 0 Å². The number of hydrogen-bond donors (Lipinski definition) is 3.